The summed E-state index contributed by atoms with van der Waals surface area (Å²) in [5.74, 6) is 1.38. The van der Waals surface area contributed by atoms with Gasteiger partial charge in [-0.2, -0.15) is 4.80 Å². The van der Waals surface area contributed by atoms with Gasteiger partial charge in [0.2, 0.25) is 11.7 Å². The molecule has 1 aliphatic heterocycles. The molecule has 0 bridgehead atoms. The molecule has 2 amide bonds. The number of anilines is 1. The summed E-state index contributed by atoms with van der Waals surface area (Å²) in [6, 6.07) is 15.1. The molecule has 5 rings (SSSR count). The van der Waals surface area contributed by atoms with Crippen LogP contribution in [-0.2, 0) is 16.1 Å². The lowest BCUT2D eigenvalue weighted by Gasteiger charge is -2.34. The van der Waals surface area contributed by atoms with Crippen LogP contribution in [-0.4, -0.2) is 57.4 Å². The minimum absolute atomic E-state index is 0.247. The third-order valence-electron chi connectivity index (χ3n) is 6.06. The van der Waals surface area contributed by atoms with Crippen LogP contribution in [0, 0.1) is 0 Å². The lowest BCUT2D eigenvalue weighted by molar-refractivity contribution is -0.128. The molecule has 0 fully saturated rings. The summed E-state index contributed by atoms with van der Waals surface area (Å²) in [5, 5.41) is 17.6. The zero-order valence-electron chi connectivity index (χ0n) is 23.4. The molecular formula is C29H32N6O5S. The van der Waals surface area contributed by atoms with Crippen LogP contribution in [0.1, 0.15) is 39.3 Å². The Hall–Kier alpha value is -4.45. The summed E-state index contributed by atoms with van der Waals surface area (Å²) >= 11 is 1.48. The summed E-state index contributed by atoms with van der Waals surface area (Å²) in [6.45, 7) is 8.65. The number of carbonyl (C=O) groups is 2. The van der Waals surface area contributed by atoms with E-state index in [4.69, 9.17) is 14.2 Å². The number of thiophene rings is 1. The predicted octanol–water partition coefficient (Wildman–Crippen LogP) is 4.26. The Morgan fingerprint density at radius 2 is 1.85 bits per heavy atom. The van der Waals surface area contributed by atoms with Crippen LogP contribution < -0.4 is 24.4 Å². The van der Waals surface area contributed by atoms with Gasteiger partial charge in [0.1, 0.15) is 31.5 Å². The van der Waals surface area contributed by atoms with Crippen molar-refractivity contribution in [1.29, 1.82) is 0 Å². The standard InChI is InChI=1S/C29H32N6O5S/c1-5-38-21-11-8-19(9-12-21)26(28(37)30-29(2,3)4)35(20-10-13-22-23(17-20)40-15-14-39-22)25(36)18-34-32-27(31-33-34)24-7-6-16-41-24/h6-13,16-17,26H,5,14-15,18H2,1-4H3,(H,30,37)/t26-/m0/s1. The third kappa shape index (κ3) is 6.65. The highest BCUT2D eigenvalue weighted by Crippen LogP contribution is 2.37. The topological polar surface area (TPSA) is 121 Å². The van der Waals surface area contributed by atoms with Gasteiger partial charge in [-0.1, -0.05) is 18.2 Å². The first-order chi connectivity index (χ1) is 19.7. The number of rotatable bonds is 9. The first kappa shape index (κ1) is 28.1. The molecule has 0 unspecified atom stereocenters. The number of carbonyl (C=O) groups excluding carboxylic acids is 2. The van der Waals surface area contributed by atoms with Gasteiger partial charge in [0, 0.05) is 17.3 Å². The lowest BCUT2D eigenvalue weighted by Crippen LogP contribution is -2.50. The minimum atomic E-state index is -1.03. The van der Waals surface area contributed by atoms with Crippen molar-refractivity contribution in [2.24, 2.45) is 0 Å². The summed E-state index contributed by atoms with van der Waals surface area (Å²) in [4.78, 5) is 31.6. The van der Waals surface area contributed by atoms with Gasteiger partial charge in [0.05, 0.1) is 11.5 Å². The number of nitrogens with one attached hydrogen (secondary N) is 1. The van der Waals surface area contributed by atoms with Gasteiger partial charge in [0.15, 0.2) is 11.5 Å². The third-order valence-corrected chi connectivity index (χ3v) is 6.92. The van der Waals surface area contributed by atoms with Gasteiger partial charge in [-0.15, -0.1) is 21.5 Å². The molecule has 41 heavy (non-hydrogen) atoms. The van der Waals surface area contributed by atoms with Gasteiger partial charge in [-0.05, 0) is 74.2 Å². The minimum Gasteiger partial charge on any atom is -0.494 e. The number of hydrogen-bond donors (Lipinski definition) is 1. The van der Waals surface area contributed by atoms with E-state index in [2.05, 4.69) is 20.7 Å². The zero-order valence-corrected chi connectivity index (χ0v) is 24.2. The Morgan fingerprint density at radius 3 is 2.54 bits per heavy atom. The Kier molecular flexibility index (Phi) is 8.20. The average Bonchev–Trinajstić information content (AvgIpc) is 3.64. The van der Waals surface area contributed by atoms with Crippen molar-refractivity contribution in [2.75, 3.05) is 24.7 Å². The second-order valence-electron chi connectivity index (χ2n) is 10.4. The predicted molar refractivity (Wildman–Crippen MR) is 154 cm³/mol. The molecule has 12 heteroatoms. The normalized spacial score (nSPS) is 13.4. The summed E-state index contributed by atoms with van der Waals surface area (Å²) in [7, 11) is 0. The van der Waals surface area contributed by atoms with E-state index < -0.39 is 17.5 Å². The molecule has 2 aromatic heterocycles. The largest absolute Gasteiger partial charge is 0.494 e. The fourth-order valence-corrected chi connectivity index (χ4v) is 5.05. The highest BCUT2D eigenvalue weighted by atomic mass is 32.1. The van der Waals surface area contributed by atoms with Gasteiger partial charge in [0.25, 0.3) is 5.91 Å². The van der Waals surface area contributed by atoms with Gasteiger partial charge < -0.3 is 19.5 Å². The number of ether oxygens (including phenoxy) is 3. The molecule has 11 nitrogen and oxygen atoms in total. The maximum Gasteiger partial charge on any atom is 0.251 e. The molecule has 1 aliphatic rings. The Morgan fingerprint density at radius 1 is 1.10 bits per heavy atom. The molecule has 0 aliphatic carbocycles. The molecule has 0 saturated carbocycles. The molecule has 1 atom stereocenters. The van der Waals surface area contributed by atoms with Crippen molar-refractivity contribution in [3.63, 3.8) is 0 Å². The van der Waals surface area contributed by atoms with E-state index in [1.165, 1.54) is 21.0 Å². The highest BCUT2D eigenvalue weighted by Gasteiger charge is 2.35. The van der Waals surface area contributed by atoms with E-state index in [1.807, 2.05) is 45.2 Å². The number of nitrogens with zero attached hydrogens (tertiary/aromatic N) is 5. The number of aromatic nitrogens is 4. The van der Waals surface area contributed by atoms with Crippen LogP contribution in [0.15, 0.2) is 60.0 Å². The summed E-state index contributed by atoms with van der Waals surface area (Å²) in [6.07, 6.45) is 0. The van der Waals surface area contributed by atoms with Crippen LogP contribution in [0.25, 0.3) is 10.7 Å². The second-order valence-corrected chi connectivity index (χ2v) is 11.3. The Bertz CT molecular complexity index is 1500. The number of tetrazole rings is 1. The zero-order chi connectivity index (χ0) is 29.0. The van der Waals surface area contributed by atoms with Crippen LogP contribution in [0.4, 0.5) is 5.69 Å². The molecule has 0 saturated heterocycles. The molecular weight excluding hydrogens is 544 g/mol. The first-order valence-corrected chi connectivity index (χ1v) is 14.2. The van der Waals surface area contributed by atoms with E-state index in [-0.39, 0.29) is 12.5 Å². The average molecular weight is 577 g/mol. The maximum atomic E-state index is 14.2. The SMILES string of the molecule is CCOc1ccc([C@@H](C(=O)NC(C)(C)C)N(C(=O)Cn2nnc(-c3cccs3)n2)c2ccc3c(c2)OCCO3)cc1. The smallest absolute Gasteiger partial charge is 0.251 e. The van der Waals surface area contributed by atoms with E-state index in [1.54, 1.807) is 42.5 Å². The van der Waals surface area contributed by atoms with Crippen molar-refractivity contribution < 1.29 is 23.8 Å². The van der Waals surface area contributed by atoms with Crippen molar-refractivity contribution in [2.45, 2.75) is 45.8 Å². The maximum absolute atomic E-state index is 14.2. The quantitative estimate of drug-likeness (QED) is 0.314. The molecule has 4 aromatic rings. The fourth-order valence-electron chi connectivity index (χ4n) is 4.40. The van der Waals surface area contributed by atoms with Crippen molar-refractivity contribution >= 4 is 28.8 Å². The Labute approximate surface area is 242 Å². The molecule has 2 aromatic carbocycles. The van der Waals surface area contributed by atoms with Gasteiger partial charge >= 0.3 is 0 Å². The van der Waals surface area contributed by atoms with Crippen LogP contribution in [0.3, 0.4) is 0 Å². The van der Waals surface area contributed by atoms with E-state index in [0.717, 1.165) is 4.88 Å². The van der Waals surface area contributed by atoms with E-state index in [9.17, 15) is 9.59 Å². The van der Waals surface area contributed by atoms with E-state index >= 15 is 0 Å². The lowest BCUT2D eigenvalue weighted by atomic mass is 10.0. The number of amides is 2. The number of benzene rings is 2. The first-order valence-electron chi connectivity index (χ1n) is 13.3. The molecule has 214 valence electrons. The van der Waals surface area contributed by atoms with E-state index in [0.29, 0.717) is 54.1 Å². The van der Waals surface area contributed by atoms with Crippen LogP contribution in [0.5, 0.6) is 17.2 Å². The van der Waals surface area contributed by atoms with Crippen molar-refractivity contribution in [3.05, 3.63) is 65.5 Å². The number of fused-ring (bicyclic) bond motifs is 1. The van der Waals surface area contributed by atoms with Crippen LogP contribution in [0.2, 0.25) is 0 Å². The monoisotopic (exact) mass is 576 g/mol. The van der Waals surface area contributed by atoms with Crippen molar-refractivity contribution in [3.8, 4) is 28.0 Å². The van der Waals surface area contributed by atoms with Gasteiger partial charge in [-0.3, -0.25) is 14.5 Å². The Balaban J connectivity index is 1.57. The summed E-state index contributed by atoms with van der Waals surface area (Å²) < 4.78 is 17.1. The highest BCUT2D eigenvalue weighted by molar-refractivity contribution is 7.13. The molecule has 0 radical (unpaired) electrons. The molecule has 0 spiro atoms. The molecule has 1 N–H and O–H groups in total. The van der Waals surface area contributed by atoms with Crippen LogP contribution >= 0.6 is 11.3 Å². The van der Waals surface area contributed by atoms with Crippen molar-refractivity contribution in [1.82, 2.24) is 25.5 Å². The second kappa shape index (κ2) is 12.0. The summed E-state index contributed by atoms with van der Waals surface area (Å²) in [5.41, 5.74) is 0.510. The van der Waals surface area contributed by atoms with Gasteiger partial charge in [-0.25, -0.2) is 0 Å². The number of hydrogen-bond acceptors (Lipinski definition) is 9. The molecule has 3 heterocycles. The fraction of sp³-hybridized carbons (Fsp3) is 0.345.